The second-order valence-corrected chi connectivity index (χ2v) is 10.6. The van der Waals surface area contributed by atoms with Gasteiger partial charge in [0, 0.05) is 28.4 Å². The van der Waals surface area contributed by atoms with E-state index in [-0.39, 0.29) is 48.3 Å². The first-order chi connectivity index (χ1) is 16.8. The van der Waals surface area contributed by atoms with Crippen molar-refractivity contribution in [1.82, 2.24) is 10.2 Å². The zero-order valence-electron chi connectivity index (χ0n) is 18.7. The van der Waals surface area contributed by atoms with Gasteiger partial charge in [-0.15, -0.1) is 0 Å². The molecule has 35 heavy (non-hydrogen) atoms. The summed E-state index contributed by atoms with van der Waals surface area (Å²) in [5, 5.41) is 26.0. The van der Waals surface area contributed by atoms with E-state index in [2.05, 4.69) is 26.6 Å². The third-order valence-electron chi connectivity index (χ3n) is 7.67. The number of benzene rings is 2. The molecule has 3 amide bonds. The van der Waals surface area contributed by atoms with Gasteiger partial charge in [-0.2, -0.15) is 0 Å². The standard InChI is InChI=1S/C25H24BrN3O6/c26-13-4-5-16-15(10-13)25(24(34)27-16)21-20(17(28-25)8-12-3-6-18(30)19(31)9-12)22(32)29(23(21)33)11-14-2-1-7-35-14/h3-6,9-10,14,17,20-21,28,30-31H,1-2,7-8,11H2,(H,27,34)/t14-,17-,20+,21+,25-/m0/s1. The maximum Gasteiger partial charge on any atom is 0.250 e. The number of likely N-dealkylation sites (tertiary alicyclic amines) is 1. The average molecular weight is 542 g/mol. The van der Waals surface area contributed by atoms with Crippen LogP contribution < -0.4 is 10.6 Å². The highest BCUT2D eigenvalue weighted by Crippen LogP contribution is 2.54. The minimum Gasteiger partial charge on any atom is -0.504 e. The summed E-state index contributed by atoms with van der Waals surface area (Å²) in [5.41, 5.74) is 0.498. The molecule has 1 spiro atoms. The van der Waals surface area contributed by atoms with Crippen LogP contribution in [0.3, 0.4) is 0 Å². The number of ether oxygens (including phenoxy) is 1. The molecule has 182 valence electrons. The summed E-state index contributed by atoms with van der Waals surface area (Å²) in [5.74, 6) is -3.25. The molecule has 4 N–H and O–H groups in total. The smallest absolute Gasteiger partial charge is 0.250 e. The number of hydrogen-bond acceptors (Lipinski definition) is 7. The number of carbonyl (C=O) groups excluding carboxylic acids is 3. The first kappa shape index (κ1) is 22.5. The Morgan fingerprint density at radius 2 is 1.91 bits per heavy atom. The molecule has 0 unspecified atom stereocenters. The summed E-state index contributed by atoms with van der Waals surface area (Å²) in [7, 11) is 0. The monoisotopic (exact) mass is 541 g/mol. The number of hydrogen-bond donors (Lipinski definition) is 4. The highest BCUT2D eigenvalue weighted by atomic mass is 79.9. The van der Waals surface area contributed by atoms with Crippen molar-refractivity contribution in [2.24, 2.45) is 11.8 Å². The van der Waals surface area contributed by atoms with Gasteiger partial charge in [-0.05, 0) is 55.2 Å². The van der Waals surface area contributed by atoms with Gasteiger partial charge in [-0.25, -0.2) is 0 Å². The minimum atomic E-state index is -1.40. The molecule has 4 heterocycles. The van der Waals surface area contributed by atoms with E-state index in [0.717, 1.165) is 17.3 Å². The summed E-state index contributed by atoms with van der Waals surface area (Å²) in [6, 6.07) is 9.32. The van der Waals surface area contributed by atoms with Crippen molar-refractivity contribution in [2.45, 2.75) is 36.9 Å². The zero-order valence-corrected chi connectivity index (χ0v) is 20.2. The fourth-order valence-corrected chi connectivity index (χ4v) is 6.49. The SMILES string of the molecule is O=C1[C@@H]2[C@H](Cc3ccc(O)c(O)c3)N[C@]3(C(=O)Nc4ccc(Br)cc43)[C@H]2C(=O)N1C[C@@H]1CCCO1. The largest absolute Gasteiger partial charge is 0.504 e. The normalized spacial score (nSPS) is 31.3. The van der Waals surface area contributed by atoms with E-state index in [4.69, 9.17) is 4.74 Å². The van der Waals surface area contributed by atoms with Crippen molar-refractivity contribution in [3.8, 4) is 11.5 Å². The number of phenolic OH excluding ortho intramolecular Hbond substituents is 2. The molecule has 4 aliphatic rings. The molecule has 9 nitrogen and oxygen atoms in total. The molecule has 0 aromatic heterocycles. The topological polar surface area (TPSA) is 128 Å². The van der Waals surface area contributed by atoms with Gasteiger partial charge in [-0.3, -0.25) is 24.6 Å². The molecule has 10 heteroatoms. The molecule has 3 fully saturated rings. The number of amides is 3. The summed E-state index contributed by atoms with van der Waals surface area (Å²) in [6.45, 7) is 0.788. The Morgan fingerprint density at radius 1 is 1.09 bits per heavy atom. The van der Waals surface area contributed by atoms with Crippen LogP contribution in [-0.2, 0) is 31.1 Å². The number of aromatic hydroxyl groups is 2. The van der Waals surface area contributed by atoms with Crippen molar-refractivity contribution >= 4 is 39.3 Å². The van der Waals surface area contributed by atoms with Crippen LogP contribution in [0.5, 0.6) is 11.5 Å². The van der Waals surface area contributed by atoms with Gasteiger partial charge in [-0.1, -0.05) is 22.0 Å². The van der Waals surface area contributed by atoms with E-state index in [1.807, 2.05) is 12.1 Å². The Morgan fingerprint density at radius 3 is 2.66 bits per heavy atom. The van der Waals surface area contributed by atoms with E-state index in [1.165, 1.54) is 17.0 Å². The highest BCUT2D eigenvalue weighted by Gasteiger charge is 2.70. The third kappa shape index (κ3) is 3.30. The second-order valence-electron chi connectivity index (χ2n) is 9.66. The number of rotatable bonds is 4. The van der Waals surface area contributed by atoms with Crippen molar-refractivity contribution in [1.29, 1.82) is 0 Å². The molecule has 0 aliphatic carbocycles. The number of carbonyl (C=O) groups is 3. The van der Waals surface area contributed by atoms with Gasteiger partial charge in [0.25, 0.3) is 0 Å². The van der Waals surface area contributed by atoms with Crippen molar-refractivity contribution in [3.63, 3.8) is 0 Å². The van der Waals surface area contributed by atoms with E-state index >= 15 is 0 Å². The average Bonchev–Trinajstić information content (AvgIpc) is 3.56. The number of halogens is 1. The van der Waals surface area contributed by atoms with Crippen LogP contribution >= 0.6 is 15.9 Å². The molecular weight excluding hydrogens is 518 g/mol. The van der Waals surface area contributed by atoms with Crippen LogP contribution in [-0.4, -0.2) is 58.1 Å². The third-order valence-corrected chi connectivity index (χ3v) is 8.17. The summed E-state index contributed by atoms with van der Waals surface area (Å²) in [4.78, 5) is 42.4. The molecular formula is C25H24BrN3O6. The number of fused-ring (bicyclic) bond motifs is 4. The van der Waals surface area contributed by atoms with E-state index in [9.17, 15) is 24.6 Å². The van der Waals surface area contributed by atoms with Crippen molar-refractivity contribution < 1.29 is 29.3 Å². The minimum absolute atomic E-state index is 0.181. The van der Waals surface area contributed by atoms with E-state index < -0.39 is 23.4 Å². The first-order valence-corrected chi connectivity index (χ1v) is 12.5. The Bertz CT molecular complexity index is 1260. The van der Waals surface area contributed by atoms with Gasteiger partial charge in [0.15, 0.2) is 11.5 Å². The number of nitrogens with one attached hydrogen (secondary N) is 2. The highest BCUT2D eigenvalue weighted by molar-refractivity contribution is 9.10. The zero-order chi connectivity index (χ0) is 24.5. The number of anilines is 1. The summed E-state index contributed by atoms with van der Waals surface area (Å²) < 4.78 is 6.45. The lowest BCUT2D eigenvalue weighted by Crippen LogP contribution is -2.54. The molecule has 0 bridgehead atoms. The van der Waals surface area contributed by atoms with Crippen molar-refractivity contribution in [2.75, 3.05) is 18.5 Å². The molecule has 0 radical (unpaired) electrons. The lowest BCUT2D eigenvalue weighted by Gasteiger charge is -2.30. The van der Waals surface area contributed by atoms with E-state index in [1.54, 1.807) is 12.1 Å². The molecule has 4 aliphatic heterocycles. The summed E-state index contributed by atoms with van der Waals surface area (Å²) in [6.07, 6.45) is 1.75. The maximum atomic E-state index is 13.8. The Balaban J connectivity index is 1.43. The Labute approximate surface area is 209 Å². The van der Waals surface area contributed by atoms with Gasteiger partial charge >= 0.3 is 0 Å². The molecule has 2 aromatic carbocycles. The number of nitrogens with zero attached hydrogens (tertiary/aromatic N) is 1. The molecule has 3 saturated heterocycles. The van der Waals surface area contributed by atoms with Crippen LogP contribution in [0.4, 0.5) is 5.69 Å². The number of phenols is 2. The molecule has 5 atom stereocenters. The number of imide groups is 1. The summed E-state index contributed by atoms with van der Waals surface area (Å²) >= 11 is 3.47. The van der Waals surface area contributed by atoms with Crippen LogP contribution in [0.1, 0.15) is 24.0 Å². The molecule has 6 rings (SSSR count). The fourth-order valence-electron chi connectivity index (χ4n) is 6.13. The Hall–Kier alpha value is -2.95. The second kappa shape index (κ2) is 8.04. The van der Waals surface area contributed by atoms with Crippen molar-refractivity contribution in [3.05, 3.63) is 52.0 Å². The van der Waals surface area contributed by atoms with E-state index in [0.29, 0.717) is 23.4 Å². The van der Waals surface area contributed by atoms with Crippen LogP contribution in [0, 0.1) is 11.8 Å². The van der Waals surface area contributed by atoms with Gasteiger partial charge in [0.1, 0.15) is 5.54 Å². The molecule has 0 saturated carbocycles. The lowest BCUT2D eigenvalue weighted by atomic mass is 9.76. The van der Waals surface area contributed by atoms with Crippen LogP contribution in [0.15, 0.2) is 40.9 Å². The van der Waals surface area contributed by atoms with Gasteiger partial charge in [0.2, 0.25) is 17.7 Å². The predicted molar refractivity (Wildman–Crippen MR) is 128 cm³/mol. The first-order valence-electron chi connectivity index (χ1n) is 11.7. The van der Waals surface area contributed by atoms with Crippen LogP contribution in [0.2, 0.25) is 0 Å². The maximum absolute atomic E-state index is 13.8. The van der Waals surface area contributed by atoms with Crippen LogP contribution in [0.25, 0.3) is 0 Å². The molecule has 2 aromatic rings. The predicted octanol–water partition coefficient (Wildman–Crippen LogP) is 2.00. The van der Waals surface area contributed by atoms with Gasteiger partial charge in [0.05, 0.1) is 24.5 Å². The van der Waals surface area contributed by atoms with Gasteiger partial charge < -0.3 is 20.3 Å². The quantitative estimate of drug-likeness (QED) is 0.344. The fraction of sp³-hybridized carbons (Fsp3) is 0.400. The lowest BCUT2D eigenvalue weighted by molar-refractivity contribution is -0.144. The Kier molecular flexibility index (Phi) is 5.17.